The van der Waals surface area contributed by atoms with Gasteiger partial charge in [0.25, 0.3) is 0 Å². The normalized spacial score (nSPS) is 16.0. The van der Waals surface area contributed by atoms with Gasteiger partial charge in [-0.2, -0.15) is 0 Å². The van der Waals surface area contributed by atoms with Gasteiger partial charge in [0, 0.05) is 29.4 Å². The van der Waals surface area contributed by atoms with Crippen molar-refractivity contribution in [1.29, 1.82) is 0 Å². The Morgan fingerprint density at radius 1 is 1.07 bits per heavy atom. The highest BCUT2D eigenvalue weighted by atomic mass is 32.1. The SMILES string of the molecule is O=c1cc(CNC[C@@H](c2cccs2)N2CCCC2)c2c(ccc3ccccc32)o1. The number of nitrogens with one attached hydrogen (secondary N) is 1. The van der Waals surface area contributed by atoms with Gasteiger partial charge >= 0.3 is 5.63 Å². The quantitative estimate of drug-likeness (QED) is 0.365. The van der Waals surface area contributed by atoms with Gasteiger partial charge < -0.3 is 9.73 Å². The van der Waals surface area contributed by atoms with Gasteiger partial charge in [-0.15, -0.1) is 11.3 Å². The summed E-state index contributed by atoms with van der Waals surface area (Å²) in [7, 11) is 0. The molecule has 5 heteroatoms. The van der Waals surface area contributed by atoms with Crippen molar-refractivity contribution in [2.75, 3.05) is 19.6 Å². The Kier molecular flexibility index (Phi) is 5.19. The first-order chi connectivity index (χ1) is 14.3. The molecule has 148 valence electrons. The fraction of sp³-hybridized carbons (Fsp3) is 0.292. The van der Waals surface area contributed by atoms with Crippen molar-refractivity contribution in [1.82, 2.24) is 10.2 Å². The molecule has 2 aromatic heterocycles. The summed E-state index contributed by atoms with van der Waals surface area (Å²) < 4.78 is 5.49. The minimum absolute atomic E-state index is 0.293. The summed E-state index contributed by atoms with van der Waals surface area (Å²) in [5.74, 6) is 0. The Morgan fingerprint density at radius 2 is 1.93 bits per heavy atom. The number of hydrogen-bond acceptors (Lipinski definition) is 5. The highest BCUT2D eigenvalue weighted by Gasteiger charge is 2.24. The second kappa shape index (κ2) is 8.11. The van der Waals surface area contributed by atoms with E-state index < -0.39 is 0 Å². The average molecular weight is 405 g/mol. The Balaban J connectivity index is 1.44. The zero-order chi connectivity index (χ0) is 19.6. The molecule has 1 saturated heterocycles. The summed E-state index contributed by atoms with van der Waals surface area (Å²) in [6.45, 7) is 3.83. The maximum absolute atomic E-state index is 12.1. The molecule has 4 aromatic rings. The van der Waals surface area contributed by atoms with Crippen LogP contribution in [0, 0.1) is 0 Å². The number of benzene rings is 2. The molecule has 0 amide bonds. The fourth-order valence-electron chi connectivity index (χ4n) is 4.45. The molecular weight excluding hydrogens is 380 g/mol. The van der Waals surface area contributed by atoms with Gasteiger partial charge in [-0.3, -0.25) is 4.90 Å². The van der Waals surface area contributed by atoms with Gasteiger partial charge in [-0.1, -0.05) is 36.4 Å². The fourth-order valence-corrected chi connectivity index (χ4v) is 5.31. The summed E-state index contributed by atoms with van der Waals surface area (Å²) in [5.41, 5.74) is 1.36. The molecule has 1 atom stereocenters. The number of fused-ring (bicyclic) bond motifs is 3. The van der Waals surface area contributed by atoms with Gasteiger partial charge in [0.05, 0.1) is 6.04 Å². The van der Waals surface area contributed by atoms with Gasteiger partial charge in [0.1, 0.15) is 5.58 Å². The molecule has 1 fully saturated rings. The lowest BCUT2D eigenvalue weighted by atomic mass is 10.0. The minimum Gasteiger partial charge on any atom is -0.423 e. The van der Waals surface area contributed by atoms with Crippen LogP contribution in [0.5, 0.6) is 0 Å². The summed E-state index contributed by atoms with van der Waals surface area (Å²) >= 11 is 1.82. The van der Waals surface area contributed by atoms with Gasteiger partial charge in [0.2, 0.25) is 0 Å². The second-order valence-electron chi connectivity index (χ2n) is 7.66. The highest BCUT2D eigenvalue weighted by molar-refractivity contribution is 7.10. The van der Waals surface area contributed by atoms with Crippen molar-refractivity contribution in [3.63, 3.8) is 0 Å². The zero-order valence-corrected chi connectivity index (χ0v) is 17.1. The van der Waals surface area contributed by atoms with Crippen LogP contribution in [0.25, 0.3) is 21.7 Å². The summed E-state index contributed by atoms with van der Waals surface area (Å²) in [4.78, 5) is 16.1. The predicted octanol–water partition coefficient (Wildman–Crippen LogP) is 4.93. The maximum atomic E-state index is 12.1. The van der Waals surface area contributed by atoms with Crippen LogP contribution in [-0.4, -0.2) is 24.5 Å². The van der Waals surface area contributed by atoms with E-state index in [1.165, 1.54) is 17.7 Å². The van der Waals surface area contributed by atoms with E-state index in [1.807, 2.05) is 35.6 Å². The number of thiophene rings is 1. The smallest absolute Gasteiger partial charge is 0.336 e. The molecule has 0 bridgehead atoms. The molecule has 0 spiro atoms. The van der Waals surface area contributed by atoms with E-state index in [9.17, 15) is 4.79 Å². The number of hydrogen-bond donors (Lipinski definition) is 1. The van der Waals surface area contributed by atoms with E-state index in [0.29, 0.717) is 18.2 Å². The molecule has 0 unspecified atom stereocenters. The number of rotatable bonds is 6. The van der Waals surface area contributed by atoms with E-state index in [-0.39, 0.29) is 5.63 Å². The third-order valence-electron chi connectivity index (χ3n) is 5.82. The minimum atomic E-state index is -0.293. The monoisotopic (exact) mass is 404 g/mol. The number of likely N-dealkylation sites (tertiary alicyclic amines) is 1. The second-order valence-corrected chi connectivity index (χ2v) is 8.63. The Morgan fingerprint density at radius 3 is 2.76 bits per heavy atom. The van der Waals surface area contributed by atoms with Crippen molar-refractivity contribution in [3.05, 3.63) is 80.8 Å². The standard InChI is InChI=1S/C24H24N2O2S/c27-23-14-18(24-19-7-2-1-6-17(19)9-10-21(24)28-23)15-25-16-20(22-8-5-13-29-22)26-11-3-4-12-26/h1-2,5-10,13-14,20,25H,3-4,11-12,15-16H2/t20-/m0/s1. The summed E-state index contributed by atoms with van der Waals surface area (Å²) in [5, 5.41) is 9.10. The lowest BCUT2D eigenvalue weighted by Crippen LogP contribution is -2.33. The van der Waals surface area contributed by atoms with Crippen LogP contribution >= 0.6 is 11.3 Å². The van der Waals surface area contributed by atoms with Crippen LogP contribution in [0.15, 0.2) is 69.2 Å². The van der Waals surface area contributed by atoms with Crippen LogP contribution in [0.1, 0.15) is 29.3 Å². The molecule has 1 N–H and O–H groups in total. The lowest BCUT2D eigenvalue weighted by molar-refractivity contribution is 0.242. The van der Waals surface area contributed by atoms with Crippen molar-refractivity contribution in [2.24, 2.45) is 0 Å². The van der Waals surface area contributed by atoms with E-state index in [1.54, 1.807) is 6.07 Å². The van der Waals surface area contributed by atoms with Crippen molar-refractivity contribution in [2.45, 2.75) is 25.4 Å². The third-order valence-corrected chi connectivity index (χ3v) is 6.79. The van der Waals surface area contributed by atoms with Crippen LogP contribution in [0.3, 0.4) is 0 Å². The van der Waals surface area contributed by atoms with E-state index in [2.05, 4.69) is 39.9 Å². The molecule has 3 heterocycles. The number of nitrogens with zero attached hydrogens (tertiary/aromatic N) is 1. The maximum Gasteiger partial charge on any atom is 0.336 e. The van der Waals surface area contributed by atoms with Crippen molar-refractivity contribution in [3.8, 4) is 0 Å². The largest absolute Gasteiger partial charge is 0.423 e. The van der Waals surface area contributed by atoms with Crippen molar-refractivity contribution >= 4 is 33.1 Å². The first-order valence-corrected chi connectivity index (χ1v) is 11.1. The molecule has 0 saturated carbocycles. The molecule has 2 aromatic carbocycles. The first-order valence-electron chi connectivity index (χ1n) is 10.2. The first kappa shape index (κ1) is 18.6. The van der Waals surface area contributed by atoms with Crippen molar-refractivity contribution < 1.29 is 4.42 Å². The molecular formula is C24H24N2O2S. The van der Waals surface area contributed by atoms with E-state index >= 15 is 0 Å². The summed E-state index contributed by atoms with van der Waals surface area (Å²) in [6, 6.07) is 18.6. The van der Waals surface area contributed by atoms with Crippen LogP contribution < -0.4 is 10.9 Å². The van der Waals surface area contributed by atoms with Gasteiger partial charge in [-0.25, -0.2) is 4.79 Å². The zero-order valence-electron chi connectivity index (χ0n) is 16.3. The molecule has 0 aliphatic carbocycles. The van der Waals surface area contributed by atoms with Gasteiger partial charge in [-0.05, 0) is 59.8 Å². The Hall–Kier alpha value is -2.47. The van der Waals surface area contributed by atoms with Crippen LogP contribution in [0.2, 0.25) is 0 Å². The molecule has 5 rings (SSSR count). The Labute approximate surface area is 173 Å². The lowest BCUT2D eigenvalue weighted by Gasteiger charge is -2.27. The molecule has 0 radical (unpaired) electrons. The summed E-state index contributed by atoms with van der Waals surface area (Å²) in [6.07, 6.45) is 2.55. The van der Waals surface area contributed by atoms with E-state index in [4.69, 9.17) is 4.42 Å². The van der Waals surface area contributed by atoms with E-state index in [0.717, 1.165) is 41.4 Å². The topological polar surface area (TPSA) is 45.5 Å². The highest BCUT2D eigenvalue weighted by Crippen LogP contribution is 2.29. The van der Waals surface area contributed by atoms with Crippen LogP contribution in [-0.2, 0) is 6.54 Å². The molecule has 1 aliphatic heterocycles. The van der Waals surface area contributed by atoms with Gasteiger partial charge in [0.15, 0.2) is 0 Å². The third kappa shape index (κ3) is 3.73. The average Bonchev–Trinajstić information content (AvgIpc) is 3.45. The van der Waals surface area contributed by atoms with Crippen LogP contribution in [0.4, 0.5) is 0 Å². The molecule has 1 aliphatic rings. The molecule has 29 heavy (non-hydrogen) atoms. The Bertz CT molecular complexity index is 1180. The molecule has 4 nitrogen and oxygen atoms in total. The predicted molar refractivity (Wildman–Crippen MR) is 120 cm³/mol.